The standard InChI is InChI=1S/C15H16N2O2/c1-11(9-12-5-3-2-4-6-12)17-15(19)13-10-16-8-7-14(13)18/h2-8,10-11H,9H2,1H3,(H,16,18)(H,17,19). The lowest BCUT2D eigenvalue weighted by molar-refractivity contribution is 0.0938. The van der Waals surface area contributed by atoms with Crippen LogP contribution in [0.25, 0.3) is 0 Å². The second kappa shape index (κ2) is 6.00. The van der Waals surface area contributed by atoms with Crippen LogP contribution in [0, 0.1) is 0 Å². The first-order valence-electron chi connectivity index (χ1n) is 6.18. The molecule has 2 rings (SSSR count). The number of rotatable bonds is 4. The number of hydrogen-bond acceptors (Lipinski definition) is 2. The Kier molecular flexibility index (Phi) is 4.13. The van der Waals surface area contributed by atoms with Crippen molar-refractivity contribution in [1.82, 2.24) is 10.3 Å². The van der Waals surface area contributed by atoms with Crippen molar-refractivity contribution >= 4 is 5.91 Å². The molecule has 0 bridgehead atoms. The second-order valence-corrected chi connectivity index (χ2v) is 4.49. The van der Waals surface area contributed by atoms with Gasteiger partial charge in [0.1, 0.15) is 5.56 Å². The van der Waals surface area contributed by atoms with Gasteiger partial charge in [-0.15, -0.1) is 0 Å². The predicted octanol–water partition coefficient (Wildman–Crippen LogP) is 1.74. The van der Waals surface area contributed by atoms with E-state index in [1.165, 1.54) is 18.5 Å². The molecular formula is C15H16N2O2. The van der Waals surface area contributed by atoms with Crippen LogP contribution in [0.1, 0.15) is 22.8 Å². The molecule has 4 heteroatoms. The lowest BCUT2D eigenvalue weighted by atomic mass is 10.1. The van der Waals surface area contributed by atoms with Crippen LogP contribution in [-0.4, -0.2) is 16.9 Å². The van der Waals surface area contributed by atoms with Crippen molar-refractivity contribution in [2.24, 2.45) is 0 Å². The maximum Gasteiger partial charge on any atom is 0.256 e. The first-order valence-corrected chi connectivity index (χ1v) is 6.18. The van der Waals surface area contributed by atoms with Crippen molar-refractivity contribution in [3.05, 3.63) is 70.1 Å². The zero-order valence-corrected chi connectivity index (χ0v) is 10.7. The maximum absolute atomic E-state index is 11.9. The second-order valence-electron chi connectivity index (χ2n) is 4.49. The fourth-order valence-electron chi connectivity index (χ4n) is 1.91. The lowest BCUT2D eigenvalue weighted by Gasteiger charge is -2.13. The SMILES string of the molecule is CC(Cc1ccccc1)NC(=O)c1c[nH]ccc1=O. The Morgan fingerprint density at radius 2 is 2.00 bits per heavy atom. The third-order valence-corrected chi connectivity index (χ3v) is 2.83. The normalized spacial score (nSPS) is 11.8. The van der Waals surface area contributed by atoms with Crippen LogP contribution in [0.3, 0.4) is 0 Å². The average Bonchev–Trinajstić information content (AvgIpc) is 2.40. The molecule has 0 spiro atoms. The van der Waals surface area contributed by atoms with E-state index in [1.807, 2.05) is 37.3 Å². The molecule has 4 nitrogen and oxygen atoms in total. The van der Waals surface area contributed by atoms with E-state index in [1.54, 1.807) is 0 Å². The molecule has 2 N–H and O–H groups in total. The minimum Gasteiger partial charge on any atom is -0.367 e. The summed E-state index contributed by atoms with van der Waals surface area (Å²) < 4.78 is 0. The zero-order chi connectivity index (χ0) is 13.7. The summed E-state index contributed by atoms with van der Waals surface area (Å²) in [5, 5.41) is 2.83. The Hall–Kier alpha value is -2.36. The molecule has 1 aromatic heterocycles. The molecule has 19 heavy (non-hydrogen) atoms. The minimum atomic E-state index is -0.342. The van der Waals surface area contributed by atoms with Gasteiger partial charge in [-0.05, 0) is 18.9 Å². The molecule has 1 heterocycles. The van der Waals surface area contributed by atoms with Crippen LogP contribution in [0.4, 0.5) is 0 Å². The molecule has 2 aromatic rings. The molecule has 0 fully saturated rings. The molecular weight excluding hydrogens is 240 g/mol. The molecule has 98 valence electrons. The number of carbonyl (C=O) groups excluding carboxylic acids is 1. The summed E-state index contributed by atoms with van der Waals surface area (Å²) in [7, 11) is 0. The van der Waals surface area contributed by atoms with E-state index in [4.69, 9.17) is 0 Å². The highest BCUT2D eigenvalue weighted by Crippen LogP contribution is 2.03. The molecule has 0 aliphatic rings. The van der Waals surface area contributed by atoms with Gasteiger partial charge in [-0.2, -0.15) is 0 Å². The van der Waals surface area contributed by atoms with Crippen LogP contribution in [0.5, 0.6) is 0 Å². The topological polar surface area (TPSA) is 62.0 Å². The summed E-state index contributed by atoms with van der Waals surface area (Å²) in [5.74, 6) is -0.342. The number of benzene rings is 1. The Bertz CT molecular complexity index is 605. The quantitative estimate of drug-likeness (QED) is 0.875. The van der Waals surface area contributed by atoms with Crippen LogP contribution < -0.4 is 10.7 Å². The van der Waals surface area contributed by atoms with Crippen molar-refractivity contribution < 1.29 is 4.79 Å². The monoisotopic (exact) mass is 256 g/mol. The molecule has 0 radical (unpaired) electrons. The van der Waals surface area contributed by atoms with Gasteiger partial charge in [0.2, 0.25) is 0 Å². The number of pyridine rings is 1. The summed E-state index contributed by atoms with van der Waals surface area (Å²) >= 11 is 0. The van der Waals surface area contributed by atoms with Crippen LogP contribution in [0.15, 0.2) is 53.6 Å². The first kappa shape index (κ1) is 13.1. The van der Waals surface area contributed by atoms with E-state index >= 15 is 0 Å². The van der Waals surface area contributed by atoms with Gasteiger partial charge in [0.15, 0.2) is 5.43 Å². The smallest absolute Gasteiger partial charge is 0.256 e. The Balaban J connectivity index is 2.00. The van der Waals surface area contributed by atoms with Gasteiger partial charge in [-0.25, -0.2) is 0 Å². The van der Waals surface area contributed by atoms with E-state index in [9.17, 15) is 9.59 Å². The van der Waals surface area contributed by atoms with Gasteiger partial charge in [0, 0.05) is 24.5 Å². The molecule has 0 saturated heterocycles. The third kappa shape index (κ3) is 3.55. The number of carbonyl (C=O) groups is 1. The highest BCUT2D eigenvalue weighted by Gasteiger charge is 2.12. The lowest BCUT2D eigenvalue weighted by Crippen LogP contribution is -2.36. The van der Waals surface area contributed by atoms with E-state index in [0.717, 1.165) is 12.0 Å². The third-order valence-electron chi connectivity index (χ3n) is 2.83. The Morgan fingerprint density at radius 3 is 2.68 bits per heavy atom. The zero-order valence-electron chi connectivity index (χ0n) is 10.7. The van der Waals surface area contributed by atoms with Gasteiger partial charge in [-0.1, -0.05) is 30.3 Å². The Labute approximate surface area is 111 Å². The molecule has 1 amide bonds. The summed E-state index contributed by atoms with van der Waals surface area (Å²) in [6.07, 6.45) is 3.66. The van der Waals surface area contributed by atoms with Gasteiger partial charge < -0.3 is 10.3 Å². The van der Waals surface area contributed by atoms with E-state index in [0.29, 0.717) is 0 Å². The summed E-state index contributed by atoms with van der Waals surface area (Å²) in [6.45, 7) is 1.92. The van der Waals surface area contributed by atoms with Crippen LogP contribution in [0.2, 0.25) is 0 Å². The highest BCUT2D eigenvalue weighted by molar-refractivity contribution is 5.93. The number of H-pyrrole nitrogens is 1. The molecule has 0 aliphatic carbocycles. The van der Waals surface area contributed by atoms with Crippen LogP contribution >= 0.6 is 0 Å². The van der Waals surface area contributed by atoms with Gasteiger partial charge >= 0.3 is 0 Å². The summed E-state index contributed by atoms with van der Waals surface area (Å²) in [6, 6.07) is 11.2. The van der Waals surface area contributed by atoms with Crippen LogP contribution in [-0.2, 0) is 6.42 Å². The molecule has 1 aromatic carbocycles. The molecule has 1 atom stereocenters. The minimum absolute atomic E-state index is 0.0329. The predicted molar refractivity (Wildman–Crippen MR) is 74.1 cm³/mol. The average molecular weight is 256 g/mol. The summed E-state index contributed by atoms with van der Waals surface area (Å²) in [5.41, 5.74) is 1.02. The van der Waals surface area contributed by atoms with Crippen molar-refractivity contribution in [2.75, 3.05) is 0 Å². The fourth-order valence-corrected chi connectivity index (χ4v) is 1.91. The van der Waals surface area contributed by atoms with E-state index in [-0.39, 0.29) is 22.9 Å². The largest absolute Gasteiger partial charge is 0.367 e. The number of aromatic amines is 1. The van der Waals surface area contributed by atoms with Gasteiger partial charge in [0.25, 0.3) is 5.91 Å². The van der Waals surface area contributed by atoms with Crippen molar-refractivity contribution in [2.45, 2.75) is 19.4 Å². The number of nitrogens with one attached hydrogen (secondary N) is 2. The van der Waals surface area contributed by atoms with E-state index < -0.39 is 0 Å². The van der Waals surface area contributed by atoms with Gasteiger partial charge in [0.05, 0.1) is 0 Å². The molecule has 0 saturated carbocycles. The number of aromatic nitrogens is 1. The first-order chi connectivity index (χ1) is 9.16. The highest BCUT2D eigenvalue weighted by atomic mass is 16.2. The number of hydrogen-bond donors (Lipinski definition) is 2. The van der Waals surface area contributed by atoms with Crippen molar-refractivity contribution in [3.8, 4) is 0 Å². The molecule has 0 aliphatic heterocycles. The number of amides is 1. The van der Waals surface area contributed by atoms with Crippen molar-refractivity contribution in [3.63, 3.8) is 0 Å². The maximum atomic E-state index is 11.9. The Morgan fingerprint density at radius 1 is 1.26 bits per heavy atom. The van der Waals surface area contributed by atoms with E-state index in [2.05, 4.69) is 10.3 Å². The van der Waals surface area contributed by atoms with Gasteiger partial charge in [-0.3, -0.25) is 9.59 Å². The molecule has 1 unspecified atom stereocenters. The van der Waals surface area contributed by atoms with Crippen molar-refractivity contribution in [1.29, 1.82) is 0 Å². The summed E-state index contributed by atoms with van der Waals surface area (Å²) in [4.78, 5) is 26.2. The fraction of sp³-hybridized carbons (Fsp3) is 0.200.